The van der Waals surface area contributed by atoms with E-state index in [9.17, 15) is 0 Å². The van der Waals surface area contributed by atoms with E-state index in [0.29, 0.717) is 17.4 Å². The number of halogens is 1. The van der Waals surface area contributed by atoms with Gasteiger partial charge in [-0.1, -0.05) is 51.4 Å². The van der Waals surface area contributed by atoms with Gasteiger partial charge in [-0.05, 0) is 42.5 Å². The molecule has 1 N–H and O–H groups in total. The molecule has 0 spiro atoms. The van der Waals surface area contributed by atoms with Crippen molar-refractivity contribution in [1.82, 2.24) is 5.32 Å². The second-order valence-electron chi connectivity index (χ2n) is 5.95. The molecule has 17 heavy (non-hydrogen) atoms. The van der Waals surface area contributed by atoms with E-state index >= 15 is 0 Å². The van der Waals surface area contributed by atoms with E-state index in [0.717, 1.165) is 11.6 Å². The molecule has 0 saturated heterocycles. The molecule has 0 fully saturated rings. The molecule has 1 aromatic carbocycles. The molecular formula is C15H24ClN. The Balaban J connectivity index is 2.53. The Kier molecular flexibility index (Phi) is 5.03. The molecule has 96 valence electrons. The topological polar surface area (TPSA) is 12.0 Å². The fourth-order valence-electron chi connectivity index (χ4n) is 1.55. The Morgan fingerprint density at radius 3 is 2.41 bits per heavy atom. The first-order valence-corrected chi connectivity index (χ1v) is 6.67. The van der Waals surface area contributed by atoms with E-state index in [2.05, 4.69) is 46.0 Å². The van der Waals surface area contributed by atoms with Gasteiger partial charge >= 0.3 is 0 Å². The summed E-state index contributed by atoms with van der Waals surface area (Å²) in [5.74, 6) is 0.643. The molecule has 0 aliphatic rings. The molecule has 0 amide bonds. The molecule has 0 heterocycles. The Morgan fingerprint density at radius 2 is 1.88 bits per heavy atom. The minimum absolute atomic E-state index is 0.346. The van der Waals surface area contributed by atoms with Crippen molar-refractivity contribution in [3.63, 3.8) is 0 Å². The highest BCUT2D eigenvalue weighted by Crippen LogP contribution is 2.25. The van der Waals surface area contributed by atoms with Crippen LogP contribution in [0.25, 0.3) is 0 Å². The zero-order valence-corrected chi connectivity index (χ0v) is 12.3. The Hall–Kier alpha value is -0.530. The van der Waals surface area contributed by atoms with Crippen molar-refractivity contribution >= 4 is 11.6 Å². The number of hydrogen-bond acceptors (Lipinski definition) is 1. The van der Waals surface area contributed by atoms with Crippen molar-refractivity contribution in [2.45, 2.75) is 40.7 Å². The highest BCUT2D eigenvalue weighted by atomic mass is 35.5. The van der Waals surface area contributed by atoms with Crippen LogP contribution in [0, 0.1) is 11.3 Å². The third kappa shape index (κ3) is 4.69. The van der Waals surface area contributed by atoms with Crippen molar-refractivity contribution in [1.29, 1.82) is 0 Å². The van der Waals surface area contributed by atoms with E-state index in [1.54, 1.807) is 0 Å². The number of rotatable bonds is 4. The van der Waals surface area contributed by atoms with Crippen molar-refractivity contribution in [2.24, 2.45) is 11.3 Å². The summed E-state index contributed by atoms with van der Waals surface area (Å²) in [7, 11) is 0. The number of nitrogens with one attached hydrogen (secondary N) is 1. The molecule has 0 radical (unpaired) electrons. The van der Waals surface area contributed by atoms with Crippen LogP contribution in [0.5, 0.6) is 0 Å². The first-order valence-electron chi connectivity index (χ1n) is 6.29. The molecule has 1 rings (SSSR count). The molecule has 0 aliphatic carbocycles. The molecular weight excluding hydrogens is 230 g/mol. The second kappa shape index (κ2) is 5.88. The summed E-state index contributed by atoms with van der Waals surface area (Å²) < 4.78 is 0. The van der Waals surface area contributed by atoms with E-state index in [-0.39, 0.29) is 0 Å². The van der Waals surface area contributed by atoms with Crippen LogP contribution < -0.4 is 5.32 Å². The summed E-state index contributed by atoms with van der Waals surface area (Å²) in [6.07, 6.45) is 0. The largest absolute Gasteiger partial charge is 0.310 e. The predicted molar refractivity (Wildman–Crippen MR) is 76.5 cm³/mol. The summed E-state index contributed by atoms with van der Waals surface area (Å²) in [5.41, 5.74) is 1.60. The molecule has 1 aromatic rings. The summed E-state index contributed by atoms with van der Waals surface area (Å²) in [5, 5.41) is 4.38. The maximum absolute atomic E-state index is 6.00. The van der Waals surface area contributed by atoms with Crippen LogP contribution in [0.15, 0.2) is 24.3 Å². The standard InChI is InChI=1S/C15H24ClN/c1-11(15(3,4)5)10-17-12(2)13-7-6-8-14(16)9-13/h6-9,11-12,17H,10H2,1-5H3. The van der Waals surface area contributed by atoms with Crippen molar-refractivity contribution in [3.05, 3.63) is 34.9 Å². The quantitative estimate of drug-likeness (QED) is 0.822. The lowest BCUT2D eigenvalue weighted by atomic mass is 9.82. The van der Waals surface area contributed by atoms with Gasteiger partial charge in [0, 0.05) is 11.1 Å². The van der Waals surface area contributed by atoms with E-state index in [1.807, 2.05) is 18.2 Å². The lowest BCUT2D eigenvalue weighted by Gasteiger charge is -2.29. The van der Waals surface area contributed by atoms with Crippen LogP contribution in [-0.4, -0.2) is 6.54 Å². The maximum Gasteiger partial charge on any atom is 0.0409 e. The zero-order valence-electron chi connectivity index (χ0n) is 11.5. The lowest BCUT2D eigenvalue weighted by molar-refractivity contribution is 0.247. The number of benzene rings is 1. The molecule has 0 aromatic heterocycles. The Labute approximate surface area is 111 Å². The molecule has 0 aliphatic heterocycles. The minimum Gasteiger partial charge on any atom is -0.310 e. The summed E-state index contributed by atoms with van der Waals surface area (Å²) >= 11 is 6.00. The molecule has 2 unspecified atom stereocenters. The van der Waals surface area contributed by atoms with Gasteiger partial charge in [0.1, 0.15) is 0 Å². The van der Waals surface area contributed by atoms with Gasteiger partial charge in [0.05, 0.1) is 0 Å². The van der Waals surface area contributed by atoms with Crippen molar-refractivity contribution in [3.8, 4) is 0 Å². The van der Waals surface area contributed by atoms with Gasteiger partial charge in [-0.3, -0.25) is 0 Å². The second-order valence-corrected chi connectivity index (χ2v) is 6.39. The van der Waals surface area contributed by atoms with Crippen LogP contribution in [-0.2, 0) is 0 Å². The summed E-state index contributed by atoms with van der Waals surface area (Å²) in [6.45, 7) is 12.3. The first kappa shape index (κ1) is 14.5. The van der Waals surface area contributed by atoms with Crippen molar-refractivity contribution in [2.75, 3.05) is 6.54 Å². The first-order chi connectivity index (χ1) is 7.80. The average Bonchev–Trinajstić information content (AvgIpc) is 2.24. The Morgan fingerprint density at radius 1 is 1.24 bits per heavy atom. The van der Waals surface area contributed by atoms with Gasteiger partial charge in [0.2, 0.25) is 0 Å². The van der Waals surface area contributed by atoms with E-state index < -0.39 is 0 Å². The zero-order chi connectivity index (χ0) is 13.1. The van der Waals surface area contributed by atoms with Crippen LogP contribution in [0.3, 0.4) is 0 Å². The van der Waals surface area contributed by atoms with Crippen molar-refractivity contribution < 1.29 is 0 Å². The molecule has 1 nitrogen and oxygen atoms in total. The van der Waals surface area contributed by atoms with Gasteiger partial charge in [-0.2, -0.15) is 0 Å². The van der Waals surface area contributed by atoms with Crippen LogP contribution in [0.2, 0.25) is 5.02 Å². The smallest absolute Gasteiger partial charge is 0.0409 e. The van der Waals surface area contributed by atoms with Crippen LogP contribution in [0.1, 0.15) is 46.2 Å². The monoisotopic (exact) mass is 253 g/mol. The Bertz CT molecular complexity index is 354. The fourth-order valence-corrected chi connectivity index (χ4v) is 1.75. The highest BCUT2D eigenvalue weighted by molar-refractivity contribution is 6.30. The van der Waals surface area contributed by atoms with Crippen LogP contribution >= 0.6 is 11.6 Å². The average molecular weight is 254 g/mol. The van der Waals surface area contributed by atoms with Crippen LogP contribution in [0.4, 0.5) is 0 Å². The fraction of sp³-hybridized carbons (Fsp3) is 0.600. The third-order valence-corrected chi connectivity index (χ3v) is 3.79. The molecule has 0 bridgehead atoms. The maximum atomic E-state index is 6.00. The normalized spacial score (nSPS) is 15.6. The van der Waals surface area contributed by atoms with E-state index in [4.69, 9.17) is 11.6 Å². The van der Waals surface area contributed by atoms with Gasteiger partial charge in [0.25, 0.3) is 0 Å². The lowest BCUT2D eigenvalue weighted by Crippen LogP contribution is -2.31. The van der Waals surface area contributed by atoms with Gasteiger partial charge in [-0.25, -0.2) is 0 Å². The highest BCUT2D eigenvalue weighted by Gasteiger charge is 2.20. The minimum atomic E-state index is 0.346. The molecule has 2 atom stereocenters. The van der Waals surface area contributed by atoms with Gasteiger partial charge < -0.3 is 5.32 Å². The van der Waals surface area contributed by atoms with Gasteiger partial charge in [0.15, 0.2) is 0 Å². The SMILES string of the molecule is CC(NCC(C)C(C)(C)C)c1cccc(Cl)c1. The third-order valence-electron chi connectivity index (χ3n) is 3.56. The summed E-state index contributed by atoms with van der Waals surface area (Å²) in [4.78, 5) is 0. The number of hydrogen-bond donors (Lipinski definition) is 1. The van der Waals surface area contributed by atoms with E-state index in [1.165, 1.54) is 5.56 Å². The molecule has 0 saturated carbocycles. The summed E-state index contributed by atoms with van der Waals surface area (Å²) in [6, 6.07) is 8.41. The van der Waals surface area contributed by atoms with Gasteiger partial charge in [-0.15, -0.1) is 0 Å². The molecule has 2 heteroatoms. The predicted octanol–water partition coefficient (Wildman–Crippen LogP) is 4.67.